The minimum Gasteiger partial charge on any atom is -0.378 e. The number of fused-ring (bicyclic) bond motifs is 1. The quantitative estimate of drug-likeness (QED) is 0.774. The Kier molecular flexibility index (Phi) is 3.44. The van der Waals surface area contributed by atoms with Crippen LogP contribution in [0, 0.1) is 13.8 Å². The van der Waals surface area contributed by atoms with E-state index in [1.165, 1.54) is 11.1 Å². The Morgan fingerprint density at radius 3 is 2.81 bits per heavy atom. The zero-order chi connectivity index (χ0) is 14.8. The Hall–Kier alpha value is -2.62. The van der Waals surface area contributed by atoms with Gasteiger partial charge in [-0.05, 0) is 43.2 Å². The van der Waals surface area contributed by atoms with Crippen LogP contribution in [0.15, 0.2) is 47.3 Å². The van der Waals surface area contributed by atoms with Crippen LogP contribution in [-0.2, 0) is 6.54 Å². The lowest BCUT2D eigenvalue weighted by Crippen LogP contribution is -2.14. The van der Waals surface area contributed by atoms with Gasteiger partial charge in [-0.3, -0.25) is 4.79 Å². The number of H-pyrrole nitrogens is 1. The molecule has 2 N–H and O–H groups in total. The van der Waals surface area contributed by atoms with Gasteiger partial charge in [-0.25, -0.2) is 4.98 Å². The molecule has 0 saturated heterocycles. The predicted octanol–water partition coefficient (Wildman–Crippen LogP) is 3.15. The van der Waals surface area contributed by atoms with Crippen molar-refractivity contribution >= 4 is 16.6 Å². The maximum absolute atomic E-state index is 12.0. The molecular weight excluding hydrogens is 262 g/mol. The molecule has 0 fully saturated rings. The molecule has 0 aliphatic carbocycles. The summed E-state index contributed by atoms with van der Waals surface area (Å²) in [5.74, 6) is 0.639. The second-order valence-corrected chi connectivity index (χ2v) is 5.20. The number of aryl methyl sites for hydroxylation is 2. The molecule has 21 heavy (non-hydrogen) atoms. The highest BCUT2D eigenvalue weighted by atomic mass is 16.1. The Bertz CT molecular complexity index is 852. The maximum Gasteiger partial charge on any atom is 0.258 e. The standard InChI is InChI=1S/C17H17N3O/c1-11-7-8-12(2)15(9-11)18-10-16-19-14-6-4-3-5-13(14)17(21)20-16/h3-9,18H,10H2,1-2H3,(H,19,20,21). The Morgan fingerprint density at radius 2 is 1.95 bits per heavy atom. The molecule has 0 aliphatic heterocycles. The van der Waals surface area contributed by atoms with Crippen molar-refractivity contribution in [3.63, 3.8) is 0 Å². The fourth-order valence-corrected chi connectivity index (χ4v) is 2.32. The van der Waals surface area contributed by atoms with Crippen molar-refractivity contribution in [2.24, 2.45) is 0 Å². The summed E-state index contributed by atoms with van der Waals surface area (Å²) in [6, 6.07) is 13.6. The van der Waals surface area contributed by atoms with E-state index in [0.29, 0.717) is 17.8 Å². The second kappa shape index (κ2) is 5.40. The molecule has 2 aromatic carbocycles. The first kappa shape index (κ1) is 13.4. The molecule has 4 heteroatoms. The summed E-state index contributed by atoms with van der Waals surface area (Å²) in [4.78, 5) is 19.3. The Labute approximate surface area is 122 Å². The number of rotatable bonds is 3. The highest BCUT2D eigenvalue weighted by molar-refractivity contribution is 5.77. The second-order valence-electron chi connectivity index (χ2n) is 5.20. The van der Waals surface area contributed by atoms with Crippen LogP contribution in [0.4, 0.5) is 5.69 Å². The van der Waals surface area contributed by atoms with Crippen molar-refractivity contribution in [1.29, 1.82) is 0 Å². The number of aromatic amines is 1. The number of nitrogens with one attached hydrogen (secondary N) is 2. The molecule has 3 rings (SSSR count). The van der Waals surface area contributed by atoms with Crippen LogP contribution in [0.5, 0.6) is 0 Å². The third kappa shape index (κ3) is 2.79. The van der Waals surface area contributed by atoms with Crippen molar-refractivity contribution in [2.45, 2.75) is 20.4 Å². The number of benzene rings is 2. The highest BCUT2D eigenvalue weighted by Crippen LogP contribution is 2.17. The molecule has 0 saturated carbocycles. The van der Waals surface area contributed by atoms with E-state index in [4.69, 9.17) is 0 Å². The molecule has 0 spiro atoms. The SMILES string of the molecule is Cc1ccc(C)c(NCc2nc3ccccc3c(=O)[nH]2)c1. The van der Waals surface area contributed by atoms with E-state index in [1.807, 2.05) is 18.2 Å². The van der Waals surface area contributed by atoms with Gasteiger partial charge in [-0.2, -0.15) is 0 Å². The van der Waals surface area contributed by atoms with E-state index in [9.17, 15) is 4.79 Å². The van der Waals surface area contributed by atoms with Gasteiger partial charge in [-0.15, -0.1) is 0 Å². The smallest absolute Gasteiger partial charge is 0.258 e. The van der Waals surface area contributed by atoms with Gasteiger partial charge in [0.25, 0.3) is 5.56 Å². The van der Waals surface area contributed by atoms with Crippen LogP contribution in [0.1, 0.15) is 17.0 Å². The zero-order valence-electron chi connectivity index (χ0n) is 12.1. The Morgan fingerprint density at radius 1 is 1.14 bits per heavy atom. The summed E-state index contributed by atoms with van der Waals surface area (Å²) < 4.78 is 0. The van der Waals surface area contributed by atoms with Crippen molar-refractivity contribution < 1.29 is 0 Å². The van der Waals surface area contributed by atoms with E-state index in [0.717, 1.165) is 11.2 Å². The zero-order valence-corrected chi connectivity index (χ0v) is 12.1. The first-order valence-corrected chi connectivity index (χ1v) is 6.92. The molecule has 0 amide bonds. The minimum atomic E-state index is -0.0987. The third-order valence-electron chi connectivity index (χ3n) is 3.50. The molecule has 1 aromatic heterocycles. The lowest BCUT2D eigenvalue weighted by Gasteiger charge is -2.10. The van der Waals surface area contributed by atoms with Gasteiger partial charge in [0.1, 0.15) is 5.82 Å². The molecule has 0 atom stereocenters. The fraction of sp³-hybridized carbons (Fsp3) is 0.176. The topological polar surface area (TPSA) is 57.8 Å². The van der Waals surface area contributed by atoms with Gasteiger partial charge < -0.3 is 10.3 Å². The predicted molar refractivity (Wildman–Crippen MR) is 85.6 cm³/mol. The number of para-hydroxylation sites is 1. The molecular formula is C17H17N3O. The summed E-state index contributed by atoms with van der Waals surface area (Å²) in [5, 5.41) is 3.95. The van der Waals surface area contributed by atoms with Crippen LogP contribution in [-0.4, -0.2) is 9.97 Å². The number of hydrogen-bond donors (Lipinski definition) is 2. The minimum absolute atomic E-state index is 0.0987. The van der Waals surface area contributed by atoms with E-state index in [-0.39, 0.29) is 5.56 Å². The maximum atomic E-state index is 12.0. The van der Waals surface area contributed by atoms with Gasteiger partial charge in [0, 0.05) is 5.69 Å². The normalized spacial score (nSPS) is 10.8. The molecule has 4 nitrogen and oxygen atoms in total. The van der Waals surface area contributed by atoms with E-state index in [1.54, 1.807) is 6.07 Å². The van der Waals surface area contributed by atoms with E-state index >= 15 is 0 Å². The lowest BCUT2D eigenvalue weighted by atomic mass is 10.1. The van der Waals surface area contributed by atoms with Crippen LogP contribution < -0.4 is 10.9 Å². The first-order chi connectivity index (χ1) is 10.1. The number of aromatic nitrogens is 2. The molecule has 0 unspecified atom stereocenters. The molecule has 0 radical (unpaired) electrons. The summed E-state index contributed by atoms with van der Waals surface area (Å²) >= 11 is 0. The third-order valence-corrected chi connectivity index (χ3v) is 3.50. The monoisotopic (exact) mass is 279 g/mol. The number of nitrogens with zero attached hydrogens (tertiary/aromatic N) is 1. The van der Waals surface area contributed by atoms with Crippen molar-refractivity contribution in [2.75, 3.05) is 5.32 Å². The van der Waals surface area contributed by atoms with Gasteiger partial charge >= 0.3 is 0 Å². The van der Waals surface area contributed by atoms with Crippen molar-refractivity contribution in [1.82, 2.24) is 9.97 Å². The highest BCUT2D eigenvalue weighted by Gasteiger charge is 2.04. The number of hydrogen-bond acceptors (Lipinski definition) is 3. The Balaban J connectivity index is 1.88. The number of anilines is 1. The van der Waals surface area contributed by atoms with Crippen molar-refractivity contribution in [3.8, 4) is 0 Å². The van der Waals surface area contributed by atoms with Crippen LogP contribution in [0.2, 0.25) is 0 Å². The summed E-state index contributed by atoms with van der Waals surface area (Å²) in [5.41, 5.74) is 4.05. The first-order valence-electron chi connectivity index (χ1n) is 6.92. The summed E-state index contributed by atoms with van der Waals surface area (Å²) in [6.45, 7) is 4.60. The van der Waals surface area contributed by atoms with Crippen LogP contribution in [0.25, 0.3) is 10.9 Å². The van der Waals surface area contributed by atoms with Gasteiger partial charge in [0.2, 0.25) is 0 Å². The van der Waals surface area contributed by atoms with Gasteiger partial charge in [0.05, 0.1) is 17.4 Å². The van der Waals surface area contributed by atoms with Crippen LogP contribution >= 0.6 is 0 Å². The van der Waals surface area contributed by atoms with Gasteiger partial charge in [-0.1, -0.05) is 24.3 Å². The molecule has 106 valence electrons. The largest absolute Gasteiger partial charge is 0.378 e. The van der Waals surface area contributed by atoms with E-state index in [2.05, 4.69) is 47.3 Å². The summed E-state index contributed by atoms with van der Waals surface area (Å²) in [6.07, 6.45) is 0. The average Bonchev–Trinajstić information content (AvgIpc) is 2.48. The molecule has 0 aliphatic rings. The molecule has 3 aromatic rings. The lowest BCUT2D eigenvalue weighted by molar-refractivity contribution is 0.951. The average molecular weight is 279 g/mol. The van der Waals surface area contributed by atoms with E-state index < -0.39 is 0 Å². The van der Waals surface area contributed by atoms with Crippen molar-refractivity contribution in [3.05, 3.63) is 69.8 Å². The van der Waals surface area contributed by atoms with Gasteiger partial charge in [0.15, 0.2) is 0 Å². The molecule has 0 bridgehead atoms. The summed E-state index contributed by atoms with van der Waals surface area (Å²) in [7, 11) is 0. The molecule has 1 heterocycles. The van der Waals surface area contributed by atoms with Crippen LogP contribution in [0.3, 0.4) is 0 Å². The fourth-order valence-electron chi connectivity index (χ4n) is 2.32.